The summed E-state index contributed by atoms with van der Waals surface area (Å²) in [4.78, 5) is 19.1. The summed E-state index contributed by atoms with van der Waals surface area (Å²) in [7, 11) is 0. The number of carbonyl (C=O) groups excluding carboxylic acids is 1. The number of carbonyl (C=O) groups is 1. The lowest BCUT2D eigenvalue weighted by Gasteiger charge is -2.37. The smallest absolute Gasteiger partial charge is 0.372 e. The van der Waals surface area contributed by atoms with Gasteiger partial charge < -0.3 is 15.0 Å². The maximum absolute atomic E-state index is 13.8. The fraction of sp³-hybridized carbons (Fsp3) is 0.286. The largest absolute Gasteiger partial charge is 0.416 e. The quantitative estimate of drug-likeness (QED) is 0.362. The lowest BCUT2D eigenvalue weighted by molar-refractivity contribution is -0.137. The van der Waals surface area contributed by atoms with Crippen LogP contribution in [0.4, 0.5) is 24.5 Å². The summed E-state index contributed by atoms with van der Waals surface area (Å²) >= 11 is 0. The number of benzene rings is 2. The van der Waals surface area contributed by atoms with E-state index >= 15 is 0 Å². The van der Waals surface area contributed by atoms with E-state index < -0.39 is 17.6 Å². The van der Waals surface area contributed by atoms with Gasteiger partial charge in [0.2, 0.25) is 0 Å². The molecule has 5 rings (SSSR count). The molecule has 11 heteroatoms. The van der Waals surface area contributed by atoms with E-state index in [9.17, 15) is 18.0 Å². The molecule has 0 saturated carbocycles. The summed E-state index contributed by atoms with van der Waals surface area (Å²) in [6, 6.07) is 12.3. The van der Waals surface area contributed by atoms with Crippen molar-refractivity contribution in [1.82, 2.24) is 20.0 Å². The third kappa shape index (κ3) is 5.93. The molecule has 3 heterocycles. The zero-order valence-corrected chi connectivity index (χ0v) is 21.6. The molecule has 0 radical (unpaired) electrons. The van der Waals surface area contributed by atoms with Gasteiger partial charge >= 0.3 is 6.18 Å². The van der Waals surface area contributed by atoms with Crippen LogP contribution >= 0.6 is 0 Å². The van der Waals surface area contributed by atoms with Crippen molar-refractivity contribution in [2.24, 2.45) is 0 Å². The first kappa shape index (κ1) is 26.4. The van der Waals surface area contributed by atoms with Crippen LogP contribution in [0, 0.1) is 6.92 Å². The molecule has 1 N–H and O–H groups in total. The number of halogens is 3. The lowest BCUT2D eigenvalue weighted by atomic mass is 10.1. The first-order valence-electron chi connectivity index (χ1n) is 12.4. The van der Waals surface area contributed by atoms with Gasteiger partial charge in [-0.1, -0.05) is 11.3 Å². The Morgan fingerprint density at radius 3 is 2.54 bits per heavy atom. The number of morpholine rings is 1. The van der Waals surface area contributed by atoms with Gasteiger partial charge in [-0.3, -0.25) is 9.78 Å². The van der Waals surface area contributed by atoms with Crippen LogP contribution in [0.25, 0.3) is 16.9 Å². The summed E-state index contributed by atoms with van der Waals surface area (Å²) < 4.78 is 48.6. The molecule has 8 nitrogen and oxygen atoms in total. The van der Waals surface area contributed by atoms with Crippen LogP contribution in [0.1, 0.15) is 35.3 Å². The zero-order chi connectivity index (χ0) is 27.7. The number of aromatic nitrogens is 4. The molecule has 202 valence electrons. The van der Waals surface area contributed by atoms with Crippen LogP contribution in [0.2, 0.25) is 0 Å². The monoisotopic (exact) mass is 536 g/mol. The number of hydrogen-bond donors (Lipinski definition) is 1. The Kier molecular flexibility index (Phi) is 7.09. The second-order valence-electron chi connectivity index (χ2n) is 9.67. The van der Waals surface area contributed by atoms with E-state index in [2.05, 4.69) is 20.6 Å². The van der Waals surface area contributed by atoms with Gasteiger partial charge in [0.05, 0.1) is 29.7 Å². The number of aryl methyl sites for hydroxylation is 1. The predicted octanol–water partition coefficient (Wildman–Crippen LogP) is 5.52. The lowest BCUT2D eigenvalue weighted by Crippen LogP contribution is -2.45. The molecule has 1 aliphatic rings. The van der Waals surface area contributed by atoms with Gasteiger partial charge in [0.25, 0.3) is 5.91 Å². The third-order valence-electron chi connectivity index (χ3n) is 6.46. The van der Waals surface area contributed by atoms with E-state index in [1.54, 1.807) is 53.6 Å². The van der Waals surface area contributed by atoms with Crippen LogP contribution in [0.3, 0.4) is 0 Å². The highest BCUT2D eigenvalue weighted by Gasteiger charge is 2.33. The molecule has 2 unspecified atom stereocenters. The van der Waals surface area contributed by atoms with Gasteiger partial charge in [0.15, 0.2) is 0 Å². The molecule has 1 fully saturated rings. The van der Waals surface area contributed by atoms with E-state index in [0.29, 0.717) is 30.2 Å². The molecular weight excluding hydrogens is 509 g/mol. The van der Waals surface area contributed by atoms with Crippen molar-refractivity contribution in [3.8, 4) is 16.9 Å². The predicted molar refractivity (Wildman–Crippen MR) is 141 cm³/mol. The van der Waals surface area contributed by atoms with E-state index in [-0.39, 0.29) is 23.5 Å². The van der Waals surface area contributed by atoms with Crippen LogP contribution in [0.5, 0.6) is 0 Å². The molecule has 2 aromatic heterocycles. The average Bonchev–Trinajstić information content (AvgIpc) is 3.38. The summed E-state index contributed by atoms with van der Waals surface area (Å²) in [5, 5.41) is 11.0. The Morgan fingerprint density at radius 2 is 1.85 bits per heavy atom. The summed E-state index contributed by atoms with van der Waals surface area (Å²) in [6.45, 7) is 6.51. The van der Waals surface area contributed by atoms with Crippen molar-refractivity contribution in [1.29, 1.82) is 0 Å². The van der Waals surface area contributed by atoms with Crippen molar-refractivity contribution in [2.75, 3.05) is 23.3 Å². The molecule has 1 saturated heterocycles. The molecule has 4 aromatic rings. The number of nitrogens with one attached hydrogen (secondary N) is 1. The Hall–Kier alpha value is -4.25. The van der Waals surface area contributed by atoms with Crippen molar-refractivity contribution in [3.05, 3.63) is 83.8 Å². The standard InChI is InChI=1S/C28H27F3N6O2/c1-17-6-7-20(9-26(17)37-16-25(34-35-37)21-5-4-8-32-13-21)27(38)33-23-10-22(28(29,30)31)11-24(12-23)36-14-18(2)39-19(3)15-36/h4-13,16,18-19H,14-15H2,1-3H3,(H,33,38). The van der Waals surface area contributed by atoms with Crippen LogP contribution in [-0.2, 0) is 10.9 Å². The van der Waals surface area contributed by atoms with E-state index in [1.165, 1.54) is 0 Å². The first-order valence-corrected chi connectivity index (χ1v) is 12.4. The van der Waals surface area contributed by atoms with Gasteiger partial charge in [-0.05, 0) is 68.8 Å². The molecule has 39 heavy (non-hydrogen) atoms. The first-order chi connectivity index (χ1) is 18.6. The molecule has 2 atom stereocenters. The molecule has 0 spiro atoms. The molecule has 1 aliphatic heterocycles. The zero-order valence-electron chi connectivity index (χ0n) is 21.6. The van der Waals surface area contributed by atoms with Gasteiger partial charge in [-0.25, -0.2) is 4.68 Å². The Labute approximate surface area is 223 Å². The minimum absolute atomic E-state index is 0.0540. The summed E-state index contributed by atoms with van der Waals surface area (Å²) in [6.07, 6.45) is 0.215. The van der Waals surface area contributed by atoms with Crippen molar-refractivity contribution in [2.45, 2.75) is 39.2 Å². The fourth-order valence-electron chi connectivity index (χ4n) is 4.65. The van der Waals surface area contributed by atoms with Gasteiger partial charge in [-0.2, -0.15) is 13.2 Å². The molecule has 2 aromatic carbocycles. The third-order valence-corrected chi connectivity index (χ3v) is 6.46. The van der Waals surface area contributed by atoms with E-state index in [4.69, 9.17) is 4.74 Å². The number of hydrogen-bond acceptors (Lipinski definition) is 6. The van der Waals surface area contributed by atoms with Crippen molar-refractivity contribution in [3.63, 3.8) is 0 Å². The average molecular weight is 537 g/mol. The molecule has 1 amide bonds. The second-order valence-corrected chi connectivity index (χ2v) is 9.67. The Bertz CT molecular complexity index is 1480. The highest BCUT2D eigenvalue weighted by molar-refractivity contribution is 6.05. The SMILES string of the molecule is Cc1ccc(C(=O)Nc2cc(N3CC(C)OC(C)C3)cc(C(F)(F)F)c2)cc1-n1cc(-c2cccnc2)nn1. The van der Waals surface area contributed by atoms with Crippen LogP contribution in [0.15, 0.2) is 67.1 Å². The highest BCUT2D eigenvalue weighted by Crippen LogP contribution is 2.35. The second kappa shape index (κ2) is 10.5. The van der Waals surface area contributed by atoms with Crippen LogP contribution < -0.4 is 10.2 Å². The fourth-order valence-corrected chi connectivity index (χ4v) is 4.65. The number of nitrogens with zero attached hydrogens (tertiary/aromatic N) is 5. The van der Waals surface area contributed by atoms with E-state index in [1.807, 2.05) is 31.7 Å². The highest BCUT2D eigenvalue weighted by atomic mass is 19.4. The Morgan fingerprint density at radius 1 is 1.08 bits per heavy atom. The number of anilines is 2. The summed E-state index contributed by atoms with van der Waals surface area (Å²) in [5.41, 5.74) is 2.71. The molecular formula is C28H27F3N6O2. The molecule has 0 aliphatic carbocycles. The Balaban J connectivity index is 1.43. The number of amides is 1. The number of alkyl halides is 3. The van der Waals surface area contributed by atoms with E-state index in [0.717, 1.165) is 23.3 Å². The van der Waals surface area contributed by atoms with Crippen molar-refractivity contribution >= 4 is 17.3 Å². The normalized spacial score (nSPS) is 17.7. The number of pyridine rings is 1. The van der Waals surface area contributed by atoms with Gasteiger partial charge in [-0.15, -0.1) is 5.10 Å². The van der Waals surface area contributed by atoms with Gasteiger partial charge in [0, 0.05) is 48.0 Å². The topological polar surface area (TPSA) is 85.2 Å². The molecule has 0 bridgehead atoms. The number of ether oxygens (including phenoxy) is 1. The summed E-state index contributed by atoms with van der Waals surface area (Å²) in [5.74, 6) is -0.544. The van der Waals surface area contributed by atoms with Crippen molar-refractivity contribution < 1.29 is 22.7 Å². The van der Waals surface area contributed by atoms with Crippen LogP contribution in [-0.4, -0.2) is 51.2 Å². The minimum Gasteiger partial charge on any atom is -0.372 e. The number of rotatable bonds is 5. The maximum Gasteiger partial charge on any atom is 0.416 e. The minimum atomic E-state index is -4.57. The maximum atomic E-state index is 13.8. The van der Waals surface area contributed by atoms with Gasteiger partial charge in [0.1, 0.15) is 5.69 Å².